The number of rotatable bonds is 1. The lowest BCUT2D eigenvalue weighted by atomic mass is 9.88. The zero-order valence-electron chi connectivity index (χ0n) is 11.6. The Morgan fingerprint density at radius 1 is 1.17 bits per heavy atom. The van der Waals surface area contributed by atoms with Gasteiger partial charge < -0.3 is 9.84 Å². The molecule has 3 rings (SSSR count). The fourth-order valence-electron chi connectivity index (χ4n) is 2.73. The van der Waals surface area contributed by atoms with Crippen LogP contribution in [-0.4, -0.2) is 11.3 Å². The minimum Gasteiger partial charge on any atom is -0.355 e. The van der Waals surface area contributed by atoms with Gasteiger partial charge in [0.25, 0.3) is 5.79 Å². The van der Waals surface area contributed by atoms with Gasteiger partial charge in [0.15, 0.2) is 0 Å². The molecule has 0 saturated heterocycles. The van der Waals surface area contributed by atoms with Gasteiger partial charge in [-0.05, 0) is 29.3 Å². The van der Waals surface area contributed by atoms with Gasteiger partial charge in [0.1, 0.15) is 5.82 Å². The first kappa shape index (κ1) is 16.2. The molecule has 1 aliphatic heterocycles. The number of hydrogen-bond acceptors (Lipinski definition) is 2. The lowest BCUT2D eigenvalue weighted by molar-refractivity contribution is -0.394. The first-order chi connectivity index (χ1) is 10.7. The molecule has 0 aromatic heterocycles. The van der Waals surface area contributed by atoms with Gasteiger partial charge in [-0.25, -0.2) is 4.39 Å². The highest BCUT2D eigenvalue weighted by molar-refractivity contribution is 6.30. The molecule has 122 valence electrons. The highest BCUT2D eigenvalue weighted by atomic mass is 35.5. The number of ether oxygens (including phenoxy) is 1. The van der Waals surface area contributed by atoms with Gasteiger partial charge in [-0.3, -0.25) is 0 Å². The topological polar surface area (TPSA) is 29.5 Å². The van der Waals surface area contributed by atoms with Crippen LogP contribution >= 0.6 is 11.6 Å². The van der Waals surface area contributed by atoms with Crippen LogP contribution in [0, 0.1) is 5.82 Å². The van der Waals surface area contributed by atoms with Crippen LogP contribution in [0.5, 0.6) is 0 Å². The Labute approximate surface area is 134 Å². The summed E-state index contributed by atoms with van der Waals surface area (Å²) in [4.78, 5) is 0. The van der Waals surface area contributed by atoms with Crippen LogP contribution in [0.15, 0.2) is 42.5 Å². The molecule has 0 radical (unpaired) electrons. The van der Waals surface area contributed by atoms with E-state index in [1.54, 1.807) is 12.1 Å². The van der Waals surface area contributed by atoms with Crippen LogP contribution in [0.1, 0.15) is 22.8 Å². The molecule has 2 atom stereocenters. The van der Waals surface area contributed by atoms with E-state index in [2.05, 4.69) is 0 Å². The van der Waals surface area contributed by atoms with E-state index in [0.717, 1.165) is 6.07 Å². The number of halogens is 5. The van der Waals surface area contributed by atoms with Crippen molar-refractivity contribution in [3.8, 4) is 0 Å². The summed E-state index contributed by atoms with van der Waals surface area (Å²) < 4.78 is 59.0. The van der Waals surface area contributed by atoms with Crippen LogP contribution in [-0.2, 0) is 16.9 Å². The Balaban J connectivity index is 2.14. The molecule has 2 aromatic carbocycles. The van der Waals surface area contributed by atoms with Crippen molar-refractivity contribution in [3.63, 3.8) is 0 Å². The fraction of sp³-hybridized carbons (Fsp3) is 0.250. The largest absolute Gasteiger partial charge is 0.448 e. The van der Waals surface area contributed by atoms with Gasteiger partial charge >= 0.3 is 6.18 Å². The highest BCUT2D eigenvalue weighted by Crippen LogP contribution is 2.49. The molecule has 23 heavy (non-hydrogen) atoms. The van der Waals surface area contributed by atoms with Crippen LogP contribution in [0.25, 0.3) is 0 Å². The van der Waals surface area contributed by atoms with E-state index in [1.165, 1.54) is 24.3 Å². The molecule has 0 bridgehead atoms. The van der Waals surface area contributed by atoms with Crippen molar-refractivity contribution in [2.45, 2.75) is 24.5 Å². The zero-order chi connectivity index (χ0) is 16.8. The lowest BCUT2D eigenvalue weighted by Gasteiger charge is -2.40. The maximum Gasteiger partial charge on any atom is 0.448 e. The van der Waals surface area contributed by atoms with Crippen LogP contribution in [0.3, 0.4) is 0 Å². The molecule has 0 fully saturated rings. The van der Waals surface area contributed by atoms with Crippen molar-refractivity contribution in [3.05, 3.63) is 70.0 Å². The normalized spacial score (nSPS) is 24.3. The van der Waals surface area contributed by atoms with E-state index < -0.39 is 29.4 Å². The summed E-state index contributed by atoms with van der Waals surface area (Å²) in [6, 6.07) is 9.62. The quantitative estimate of drug-likeness (QED) is 0.770. The smallest absolute Gasteiger partial charge is 0.355 e. The second-order valence-electron chi connectivity index (χ2n) is 5.28. The van der Waals surface area contributed by atoms with E-state index >= 15 is 0 Å². The van der Waals surface area contributed by atoms with Gasteiger partial charge in [-0.1, -0.05) is 35.9 Å². The number of aliphatic hydroxyl groups is 1. The lowest BCUT2D eigenvalue weighted by Crippen LogP contribution is -2.49. The SMILES string of the molecule is OC1(C(F)(F)F)OC(c2cccc(Cl)c2)Cc2cccc(F)c21. The third-order valence-electron chi connectivity index (χ3n) is 3.76. The van der Waals surface area contributed by atoms with Crippen molar-refractivity contribution in [1.29, 1.82) is 0 Å². The van der Waals surface area contributed by atoms with Crippen molar-refractivity contribution < 1.29 is 27.4 Å². The standard InChI is InChI=1S/C16H11ClF4O2/c17-11-5-1-3-9(7-11)13-8-10-4-2-6-12(18)14(10)15(22,23-13)16(19,20)21/h1-7,13,22H,8H2. The third kappa shape index (κ3) is 2.71. The summed E-state index contributed by atoms with van der Waals surface area (Å²) in [7, 11) is 0. The average molecular weight is 347 g/mol. The van der Waals surface area contributed by atoms with Gasteiger partial charge in [0.2, 0.25) is 0 Å². The Morgan fingerprint density at radius 2 is 1.87 bits per heavy atom. The third-order valence-corrected chi connectivity index (χ3v) is 4.00. The zero-order valence-corrected chi connectivity index (χ0v) is 12.3. The molecule has 2 aromatic rings. The minimum atomic E-state index is -5.19. The first-order valence-electron chi connectivity index (χ1n) is 6.72. The highest BCUT2D eigenvalue weighted by Gasteiger charge is 2.61. The minimum absolute atomic E-state index is 0.00811. The Kier molecular flexibility index (Phi) is 3.86. The van der Waals surface area contributed by atoms with Crippen LogP contribution in [0.2, 0.25) is 5.02 Å². The van der Waals surface area contributed by atoms with Gasteiger partial charge in [0.05, 0.1) is 11.7 Å². The van der Waals surface area contributed by atoms with Crippen LogP contribution < -0.4 is 0 Å². The summed E-state index contributed by atoms with van der Waals surface area (Å²) in [6.45, 7) is 0. The summed E-state index contributed by atoms with van der Waals surface area (Å²) in [5, 5.41) is 10.4. The van der Waals surface area contributed by atoms with Gasteiger partial charge in [0, 0.05) is 11.4 Å². The van der Waals surface area contributed by atoms with Gasteiger partial charge in [-0.2, -0.15) is 13.2 Å². The molecule has 1 N–H and O–H groups in total. The van der Waals surface area contributed by atoms with E-state index in [4.69, 9.17) is 16.3 Å². The number of benzene rings is 2. The fourth-order valence-corrected chi connectivity index (χ4v) is 2.92. The maximum atomic E-state index is 13.9. The maximum absolute atomic E-state index is 13.9. The molecule has 1 aliphatic rings. The molecule has 0 aliphatic carbocycles. The summed E-state index contributed by atoms with van der Waals surface area (Å²) in [6.07, 6.45) is -6.30. The van der Waals surface area contributed by atoms with Crippen molar-refractivity contribution in [1.82, 2.24) is 0 Å². The number of alkyl halides is 3. The molecule has 1 heterocycles. The molecule has 7 heteroatoms. The monoisotopic (exact) mass is 346 g/mol. The molecule has 0 spiro atoms. The van der Waals surface area contributed by atoms with Crippen molar-refractivity contribution in [2.75, 3.05) is 0 Å². The first-order valence-corrected chi connectivity index (χ1v) is 7.10. The van der Waals surface area contributed by atoms with E-state index in [-0.39, 0.29) is 12.0 Å². The Bertz CT molecular complexity index is 747. The van der Waals surface area contributed by atoms with E-state index in [0.29, 0.717) is 10.6 Å². The van der Waals surface area contributed by atoms with Crippen LogP contribution in [0.4, 0.5) is 17.6 Å². The van der Waals surface area contributed by atoms with Gasteiger partial charge in [-0.15, -0.1) is 0 Å². The summed E-state index contributed by atoms with van der Waals surface area (Å²) in [5.74, 6) is -4.87. The molecule has 0 saturated carbocycles. The summed E-state index contributed by atoms with van der Waals surface area (Å²) >= 11 is 5.85. The Morgan fingerprint density at radius 3 is 2.52 bits per heavy atom. The number of fused-ring (bicyclic) bond motifs is 1. The van der Waals surface area contributed by atoms with Crippen molar-refractivity contribution >= 4 is 11.6 Å². The Hall–Kier alpha value is -1.63. The molecule has 2 unspecified atom stereocenters. The second-order valence-corrected chi connectivity index (χ2v) is 5.72. The second kappa shape index (κ2) is 5.47. The predicted octanol–water partition coefficient (Wildman–Crippen LogP) is 4.50. The molecular weight excluding hydrogens is 336 g/mol. The molecule has 0 amide bonds. The summed E-state index contributed by atoms with van der Waals surface area (Å²) in [5.41, 5.74) is -0.470. The number of hydrogen-bond donors (Lipinski definition) is 1. The van der Waals surface area contributed by atoms with E-state index in [1.807, 2.05) is 0 Å². The predicted molar refractivity (Wildman–Crippen MR) is 75.3 cm³/mol. The van der Waals surface area contributed by atoms with Crippen molar-refractivity contribution in [2.24, 2.45) is 0 Å². The average Bonchev–Trinajstić information content (AvgIpc) is 2.45. The molecule has 2 nitrogen and oxygen atoms in total. The molecular formula is C16H11ClF4O2. The van der Waals surface area contributed by atoms with E-state index in [9.17, 15) is 22.7 Å².